The Morgan fingerprint density at radius 3 is 2.46 bits per heavy atom. The van der Waals surface area contributed by atoms with Gasteiger partial charge in [0.05, 0.1) is 14.2 Å². The minimum atomic E-state index is -3.46. The van der Waals surface area contributed by atoms with Gasteiger partial charge < -0.3 is 9.47 Å². The van der Waals surface area contributed by atoms with Crippen LogP contribution in [0.5, 0.6) is 11.5 Å². The summed E-state index contributed by atoms with van der Waals surface area (Å²) in [5.74, 6) is 2.22. The molecule has 1 aliphatic rings. The molecule has 0 aromatic heterocycles. The molecule has 2 atom stereocenters. The second kappa shape index (κ2) is 8.56. The summed E-state index contributed by atoms with van der Waals surface area (Å²) in [5, 5.41) is 0. The van der Waals surface area contributed by atoms with E-state index in [9.17, 15) is 8.42 Å². The van der Waals surface area contributed by atoms with E-state index in [1.807, 2.05) is 18.2 Å². The Hall–Kier alpha value is -1.35. The number of hydrogen-bond donors (Lipinski definition) is 1. The number of methoxy groups -OCH3 is 2. The predicted molar refractivity (Wildman–Crippen MR) is 103 cm³/mol. The molecule has 1 saturated heterocycles. The maximum atomic E-state index is 12.3. The predicted octanol–water partition coefficient (Wildman–Crippen LogP) is 1.56. The van der Waals surface area contributed by atoms with Gasteiger partial charge in [-0.1, -0.05) is 13.8 Å². The largest absolute Gasteiger partial charge is 0.497 e. The molecular formula is C18H31N3O4S. The van der Waals surface area contributed by atoms with Gasteiger partial charge in [0, 0.05) is 45.3 Å². The third-order valence-corrected chi connectivity index (χ3v) is 6.52. The van der Waals surface area contributed by atoms with Crippen molar-refractivity contribution in [3.8, 4) is 11.5 Å². The van der Waals surface area contributed by atoms with Crippen LogP contribution in [-0.4, -0.2) is 65.1 Å². The molecule has 7 nitrogen and oxygen atoms in total. The third kappa shape index (κ3) is 4.88. The highest BCUT2D eigenvalue weighted by Crippen LogP contribution is 2.30. The Morgan fingerprint density at radius 2 is 1.92 bits per heavy atom. The summed E-state index contributed by atoms with van der Waals surface area (Å²) >= 11 is 0. The van der Waals surface area contributed by atoms with Crippen molar-refractivity contribution in [3.63, 3.8) is 0 Å². The molecule has 0 bridgehead atoms. The first kappa shape index (κ1) is 21.0. The summed E-state index contributed by atoms with van der Waals surface area (Å²) in [5.41, 5.74) is 1.03. The smallest absolute Gasteiger partial charge is 0.279 e. The van der Waals surface area contributed by atoms with Gasteiger partial charge in [0.1, 0.15) is 11.5 Å². The molecular weight excluding hydrogens is 354 g/mol. The fraction of sp³-hybridized carbons (Fsp3) is 0.667. The summed E-state index contributed by atoms with van der Waals surface area (Å²) in [6.45, 7) is 6.45. The lowest BCUT2D eigenvalue weighted by molar-refractivity contribution is 0.290. The second-order valence-corrected chi connectivity index (χ2v) is 9.21. The van der Waals surface area contributed by atoms with Crippen molar-refractivity contribution in [2.75, 3.05) is 41.4 Å². The van der Waals surface area contributed by atoms with Gasteiger partial charge in [-0.2, -0.15) is 17.4 Å². The average Bonchev–Trinajstić information content (AvgIpc) is 2.96. The van der Waals surface area contributed by atoms with Crippen LogP contribution in [0.1, 0.15) is 19.4 Å². The molecule has 1 aromatic carbocycles. The molecule has 0 radical (unpaired) electrons. The molecule has 148 valence electrons. The molecule has 2 unspecified atom stereocenters. The molecule has 1 heterocycles. The van der Waals surface area contributed by atoms with Crippen molar-refractivity contribution >= 4 is 10.2 Å². The second-order valence-electron chi connectivity index (χ2n) is 7.29. The molecule has 0 amide bonds. The van der Waals surface area contributed by atoms with Crippen molar-refractivity contribution in [1.82, 2.24) is 13.9 Å². The zero-order chi connectivity index (χ0) is 19.5. The molecule has 8 heteroatoms. The van der Waals surface area contributed by atoms with Gasteiger partial charge in [-0.25, -0.2) is 0 Å². The van der Waals surface area contributed by atoms with Crippen LogP contribution in [0.4, 0.5) is 0 Å². The number of ether oxygens (including phenoxy) is 2. The van der Waals surface area contributed by atoms with Gasteiger partial charge in [-0.3, -0.25) is 4.90 Å². The Morgan fingerprint density at radius 1 is 1.23 bits per heavy atom. The molecule has 1 fully saturated rings. The highest BCUT2D eigenvalue weighted by molar-refractivity contribution is 7.87. The Labute approximate surface area is 157 Å². The van der Waals surface area contributed by atoms with E-state index < -0.39 is 10.2 Å². The van der Waals surface area contributed by atoms with Crippen LogP contribution in [0, 0.1) is 11.8 Å². The highest BCUT2D eigenvalue weighted by atomic mass is 32.2. The standard InChI is InChI=1S/C18H31N3O4S/c1-13(2)16-11-21(12-17(16)19-26(22,23)20(3)4)10-14-9-15(24-5)7-8-18(14)25-6/h7-9,13,16-17,19H,10-12H2,1-6H3. The zero-order valence-electron chi connectivity index (χ0n) is 16.5. The van der Waals surface area contributed by atoms with Crippen LogP contribution < -0.4 is 14.2 Å². The quantitative estimate of drug-likeness (QED) is 0.735. The third-order valence-electron chi connectivity index (χ3n) is 4.96. The number of rotatable bonds is 8. The first-order chi connectivity index (χ1) is 12.2. The van der Waals surface area contributed by atoms with E-state index in [0.29, 0.717) is 19.0 Å². The van der Waals surface area contributed by atoms with Gasteiger partial charge in [0.25, 0.3) is 10.2 Å². The fourth-order valence-electron chi connectivity index (χ4n) is 3.39. The summed E-state index contributed by atoms with van der Waals surface area (Å²) in [7, 11) is 2.92. The maximum Gasteiger partial charge on any atom is 0.279 e. The van der Waals surface area contributed by atoms with Crippen LogP contribution in [0.15, 0.2) is 18.2 Å². The molecule has 2 rings (SSSR count). The average molecular weight is 386 g/mol. The van der Waals surface area contributed by atoms with E-state index in [4.69, 9.17) is 9.47 Å². The van der Waals surface area contributed by atoms with Gasteiger partial charge in [-0.05, 0) is 30.0 Å². The summed E-state index contributed by atoms with van der Waals surface area (Å²) in [4.78, 5) is 2.27. The van der Waals surface area contributed by atoms with Crippen LogP contribution in [-0.2, 0) is 16.8 Å². The minimum absolute atomic E-state index is 0.112. The van der Waals surface area contributed by atoms with Crippen molar-refractivity contribution in [1.29, 1.82) is 0 Å². The number of nitrogens with zero attached hydrogens (tertiary/aromatic N) is 2. The molecule has 1 aromatic rings. The first-order valence-corrected chi connectivity index (χ1v) is 10.2. The van der Waals surface area contributed by atoms with Gasteiger partial charge in [0.2, 0.25) is 0 Å². The van der Waals surface area contributed by atoms with E-state index in [0.717, 1.165) is 23.6 Å². The number of hydrogen-bond acceptors (Lipinski definition) is 5. The minimum Gasteiger partial charge on any atom is -0.497 e. The lowest BCUT2D eigenvalue weighted by Gasteiger charge is -2.24. The van der Waals surface area contributed by atoms with Gasteiger partial charge in [-0.15, -0.1) is 0 Å². The van der Waals surface area contributed by atoms with Crippen molar-refractivity contribution in [3.05, 3.63) is 23.8 Å². The molecule has 26 heavy (non-hydrogen) atoms. The Bertz CT molecular complexity index is 706. The Balaban J connectivity index is 2.17. The van der Waals surface area contributed by atoms with Crippen molar-refractivity contribution in [2.45, 2.75) is 26.4 Å². The van der Waals surface area contributed by atoms with Crippen molar-refractivity contribution in [2.24, 2.45) is 11.8 Å². The summed E-state index contributed by atoms with van der Waals surface area (Å²) in [6, 6.07) is 5.63. The normalized spacial score (nSPS) is 21.5. The van der Waals surface area contributed by atoms with Crippen molar-refractivity contribution < 1.29 is 17.9 Å². The maximum absolute atomic E-state index is 12.3. The van der Waals surface area contributed by atoms with E-state index in [1.165, 1.54) is 4.31 Å². The van der Waals surface area contributed by atoms with E-state index >= 15 is 0 Å². The lowest BCUT2D eigenvalue weighted by atomic mass is 9.92. The molecule has 0 spiro atoms. The monoisotopic (exact) mass is 385 g/mol. The van der Waals surface area contributed by atoms with Gasteiger partial charge in [0.15, 0.2) is 0 Å². The Kier molecular flexibility index (Phi) is 6.90. The molecule has 0 aliphatic carbocycles. The van der Waals surface area contributed by atoms with E-state index in [2.05, 4.69) is 23.5 Å². The van der Waals surface area contributed by atoms with E-state index in [-0.39, 0.29) is 12.0 Å². The highest BCUT2D eigenvalue weighted by Gasteiger charge is 2.37. The van der Waals surface area contributed by atoms with E-state index in [1.54, 1.807) is 28.3 Å². The fourth-order valence-corrected chi connectivity index (χ4v) is 4.23. The number of likely N-dealkylation sites (tertiary alicyclic amines) is 1. The zero-order valence-corrected chi connectivity index (χ0v) is 17.3. The first-order valence-electron chi connectivity index (χ1n) is 8.81. The molecule has 1 N–H and O–H groups in total. The molecule has 1 aliphatic heterocycles. The summed E-state index contributed by atoms with van der Waals surface area (Å²) < 4.78 is 39.4. The number of benzene rings is 1. The lowest BCUT2D eigenvalue weighted by Crippen LogP contribution is -2.46. The van der Waals surface area contributed by atoms with Crippen LogP contribution in [0.25, 0.3) is 0 Å². The van der Waals surface area contributed by atoms with Crippen LogP contribution >= 0.6 is 0 Å². The number of nitrogens with one attached hydrogen (secondary N) is 1. The molecule has 0 saturated carbocycles. The van der Waals surface area contributed by atoms with Crippen LogP contribution in [0.2, 0.25) is 0 Å². The topological polar surface area (TPSA) is 71.1 Å². The van der Waals surface area contributed by atoms with Crippen LogP contribution in [0.3, 0.4) is 0 Å². The van der Waals surface area contributed by atoms with Gasteiger partial charge >= 0.3 is 0 Å². The SMILES string of the molecule is COc1ccc(OC)c(CN2CC(NS(=O)(=O)N(C)C)C(C(C)C)C2)c1. The summed E-state index contributed by atoms with van der Waals surface area (Å²) in [6.07, 6.45) is 0.